The number of amidine groups is 1. The fourth-order valence-electron chi connectivity index (χ4n) is 2.66. The van der Waals surface area contributed by atoms with Gasteiger partial charge in [0.05, 0.1) is 10.7 Å². The molecule has 0 radical (unpaired) electrons. The van der Waals surface area contributed by atoms with Crippen LogP contribution in [-0.4, -0.2) is 17.3 Å². The average molecular weight is 249 g/mol. The molecule has 0 aromatic heterocycles. The third-order valence-electron chi connectivity index (χ3n) is 3.70. The lowest BCUT2D eigenvalue weighted by molar-refractivity contribution is 0.403. The normalized spacial score (nSPS) is 19.2. The topological polar surface area (TPSA) is 15.6 Å². The van der Waals surface area contributed by atoms with Crippen LogP contribution in [0.1, 0.15) is 36.8 Å². The first-order chi connectivity index (χ1) is 8.25. The Morgan fingerprint density at radius 2 is 2.12 bits per heavy atom. The highest BCUT2D eigenvalue weighted by molar-refractivity contribution is 6.32. The van der Waals surface area contributed by atoms with Gasteiger partial charge in [0.1, 0.15) is 5.84 Å². The minimum Gasteiger partial charge on any atom is -0.356 e. The molecule has 90 valence electrons. The van der Waals surface area contributed by atoms with Crippen molar-refractivity contribution >= 4 is 23.1 Å². The van der Waals surface area contributed by atoms with E-state index in [1.165, 1.54) is 30.7 Å². The maximum absolute atomic E-state index is 6.39. The molecule has 0 amide bonds. The van der Waals surface area contributed by atoms with Crippen LogP contribution in [0, 0.1) is 6.92 Å². The molecule has 1 saturated heterocycles. The lowest BCUT2D eigenvalue weighted by Crippen LogP contribution is -2.32. The van der Waals surface area contributed by atoms with E-state index in [1.54, 1.807) is 0 Å². The van der Waals surface area contributed by atoms with Crippen molar-refractivity contribution < 1.29 is 0 Å². The van der Waals surface area contributed by atoms with Crippen LogP contribution in [0.4, 0.5) is 5.69 Å². The Kier molecular flexibility index (Phi) is 2.83. The molecule has 2 aliphatic rings. The second kappa shape index (κ2) is 4.34. The molecule has 3 rings (SSSR count). The second-order valence-electron chi connectivity index (χ2n) is 4.95. The van der Waals surface area contributed by atoms with Crippen molar-refractivity contribution in [2.24, 2.45) is 4.99 Å². The van der Waals surface area contributed by atoms with Gasteiger partial charge in [0, 0.05) is 25.1 Å². The highest BCUT2D eigenvalue weighted by Crippen LogP contribution is 2.35. The van der Waals surface area contributed by atoms with Crippen LogP contribution < -0.4 is 0 Å². The molecular formula is C14H17ClN2. The maximum atomic E-state index is 6.39. The summed E-state index contributed by atoms with van der Waals surface area (Å²) in [6.45, 7) is 4.13. The first-order valence-electron chi connectivity index (χ1n) is 6.36. The van der Waals surface area contributed by atoms with Crippen molar-refractivity contribution in [2.45, 2.75) is 39.2 Å². The summed E-state index contributed by atoms with van der Waals surface area (Å²) in [6, 6.07) is 4.17. The average Bonchev–Trinajstić information content (AvgIpc) is 2.57. The molecule has 2 aliphatic heterocycles. The molecule has 0 aliphatic carbocycles. The van der Waals surface area contributed by atoms with E-state index < -0.39 is 0 Å². The number of aryl methyl sites for hydroxylation is 1. The van der Waals surface area contributed by atoms with Crippen molar-refractivity contribution in [3.8, 4) is 0 Å². The summed E-state index contributed by atoms with van der Waals surface area (Å²) >= 11 is 6.39. The highest BCUT2D eigenvalue weighted by Gasteiger charge is 2.23. The van der Waals surface area contributed by atoms with Gasteiger partial charge in [-0.25, -0.2) is 4.99 Å². The Labute approximate surface area is 107 Å². The molecule has 2 nitrogen and oxygen atoms in total. The molecule has 0 saturated carbocycles. The van der Waals surface area contributed by atoms with Gasteiger partial charge in [0.15, 0.2) is 0 Å². The van der Waals surface area contributed by atoms with Crippen molar-refractivity contribution in [1.82, 2.24) is 4.90 Å². The lowest BCUT2D eigenvalue weighted by atomic mass is 10.1. The van der Waals surface area contributed by atoms with Gasteiger partial charge in [-0.3, -0.25) is 0 Å². The first-order valence-corrected chi connectivity index (χ1v) is 6.74. The Balaban J connectivity index is 2.05. The number of rotatable bonds is 0. The summed E-state index contributed by atoms with van der Waals surface area (Å²) in [5, 5.41) is 0.898. The molecule has 0 N–H and O–H groups in total. The minimum absolute atomic E-state index is 0.898. The number of hydrogen-bond donors (Lipinski definition) is 0. The molecule has 1 fully saturated rings. The fraction of sp³-hybridized carbons (Fsp3) is 0.500. The molecule has 2 heterocycles. The van der Waals surface area contributed by atoms with Gasteiger partial charge in [-0.2, -0.15) is 0 Å². The number of nitrogens with zero attached hydrogens (tertiary/aromatic N) is 2. The second-order valence-corrected chi connectivity index (χ2v) is 5.33. The van der Waals surface area contributed by atoms with Crippen molar-refractivity contribution in [3.05, 3.63) is 28.3 Å². The Bertz CT molecular complexity index is 479. The smallest absolute Gasteiger partial charge is 0.105 e. The number of halogens is 1. The third-order valence-corrected chi connectivity index (χ3v) is 4.23. The summed E-state index contributed by atoms with van der Waals surface area (Å²) in [7, 11) is 0. The van der Waals surface area contributed by atoms with E-state index in [0.29, 0.717) is 0 Å². The zero-order chi connectivity index (χ0) is 11.8. The van der Waals surface area contributed by atoms with E-state index in [0.717, 1.165) is 35.8 Å². The molecule has 3 heteroatoms. The van der Waals surface area contributed by atoms with Gasteiger partial charge in [-0.1, -0.05) is 24.1 Å². The van der Waals surface area contributed by atoms with Crippen LogP contribution in [0.25, 0.3) is 0 Å². The van der Waals surface area contributed by atoms with Gasteiger partial charge in [-0.15, -0.1) is 0 Å². The van der Waals surface area contributed by atoms with E-state index in [-0.39, 0.29) is 0 Å². The van der Waals surface area contributed by atoms with Gasteiger partial charge in [0.25, 0.3) is 0 Å². The van der Waals surface area contributed by atoms with Crippen molar-refractivity contribution in [1.29, 1.82) is 0 Å². The van der Waals surface area contributed by atoms with Crippen LogP contribution in [0.2, 0.25) is 5.02 Å². The van der Waals surface area contributed by atoms with Crippen LogP contribution in [0.3, 0.4) is 0 Å². The van der Waals surface area contributed by atoms with Gasteiger partial charge in [0.2, 0.25) is 0 Å². The lowest BCUT2D eigenvalue weighted by Gasteiger charge is -2.30. The standard InChI is InChI=1S/C14H17ClN2/c1-10-6-7-12-11(14(10)15)9-17-8-4-2-3-5-13(17)16-12/h6-7H,2-5,8-9H2,1H3. The van der Waals surface area contributed by atoms with E-state index >= 15 is 0 Å². The number of benzene rings is 1. The van der Waals surface area contributed by atoms with Gasteiger partial charge < -0.3 is 4.90 Å². The predicted molar refractivity (Wildman–Crippen MR) is 72.2 cm³/mol. The number of aliphatic imine (C=N–C) groups is 1. The van der Waals surface area contributed by atoms with Crippen LogP contribution in [0.5, 0.6) is 0 Å². The molecular weight excluding hydrogens is 232 g/mol. The molecule has 0 bridgehead atoms. The zero-order valence-corrected chi connectivity index (χ0v) is 10.9. The SMILES string of the molecule is Cc1ccc2c(c1Cl)CN1CCCCCC1=N2. The van der Waals surface area contributed by atoms with Crippen LogP contribution in [-0.2, 0) is 6.54 Å². The zero-order valence-electron chi connectivity index (χ0n) is 10.2. The molecule has 17 heavy (non-hydrogen) atoms. The number of hydrogen-bond acceptors (Lipinski definition) is 2. The summed E-state index contributed by atoms with van der Waals surface area (Å²) < 4.78 is 0. The van der Waals surface area contributed by atoms with E-state index in [1.807, 2.05) is 0 Å². The van der Waals surface area contributed by atoms with Crippen molar-refractivity contribution in [2.75, 3.05) is 6.54 Å². The first kappa shape index (κ1) is 11.1. The van der Waals surface area contributed by atoms with Crippen molar-refractivity contribution in [3.63, 3.8) is 0 Å². The molecule has 1 aromatic rings. The monoisotopic (exact) mass is 248 g/mol. The fourth-order valence-corrected chi connectivity index (χ4v) is 2.88. The highest BCUT2D eigenvalue weighted by atomic mass is 35.5. The predicted octanol–water partition coefficient (Wildman–Crippen LogP) is 4.07. The molecule has 0 spiro atoms. The Morgan fingerprint density at radius 1 is 1.24 bits per heavy atom. The molecule has 0 atom stereocenters. The van der Waals surface area contributed by atoms with E-state index in [9.17, 15) is 0 Å². The van der Waals surface area contributed by atoms with Gasteiger partial charge >= 0.3 is 0 Å². The largest absolute Gasteiger partial charge is 0.356 e. The Hall–Kier alpha value is -1.02. The minimum atomic E-state index is 0.898. The maximum Gasteiger partial charge on any atom is 0.105 e. The summed E-state index contributed by atoms with van der Waals surface area (Å²) in [6.07, 6.45) is 4.98. The third kappa shape index (κ3) is 1.95. The summed E-state index contributed by atoms with van der Waals surface area (Å²) in [5.41, 5.74) is 3.44. The quantitative estimate of drug-likeness (QED) is 0.676. The molecule has 0 unspecified atom stereocenters. The summed E-state index contributed by atoms with van der Waals surface area (Å²) in [4.78, 5) is 7.19. The van der Waals surface area contributed by atoms with E-state index in [4.69, 9.17) is 16.6 Å². The van der Waals surface area contributed by atoms with Crippen LogP contribution in [0.15, 0.2) is 17.1 Å². The van der Waals surface area contributed by atoms with Crippen LogP contribution >= 0.6 is 11.6 Å². The summed E-state index contributed by atoms with van der Waals surface area (Å²) in [5.74, 6) is 1.26. The van der Waals surface area contributed by atoms with Gasteiger partial charge in [-0.05, 0) is 31.4 Å². The van der Waals surface area contributed by atoms with E-state index in [2.05, 4.69) is 24.0 Å². The Morgan fingerprint density at radius 3 is 3.00 bits per heavy atom. The molecule has 1 aromatic carbocycles. The number of fused-ring (bicyclic) bond motifs is 2.